The quantitative estimate of drug-likeness (QED) is 0.474. The van der Waals surface area contributed by atoms with Gasteiger partial charge >= 0.3 is 0 Å². The summed E-state index contributed by atoms with van der Waals surface area (Å²) in [4.78, 5) is 15.2. The molecular weight excluding hydrogens is 390 g/mol. The summed E-state index contributed by atoms with van der Waals surface area (Å²) >= 11 is 3.39. The fraction of sp³-hybridized carbons (Fsp3) is 0.100. The average molecular weight is 408 g/mol. The molecule has 6 nitrogen and oxygen atoms in total. The van der Waals surface area contributed by atoms with E-state index in [2.05, 4.69) is 32.3 Å². The summed E-state index contributed by atoms with van der Waals surface area (Å²) in [6.07, 6.45) is 1.53. The van der Waals surface area contributed by atoms with Crippen LogP contribution in [0.1, 0.15) is 20.8 Å². The third kappa shape index (κ3) is 4.13. The first kappa shape index (κ1) is 18.4. The molecule has 1 amide bonds. The number of carbonyl (C=O) groups is 1. The van der Waals surface area contributed by atoms with Gasteiger partial charge in [0.15, 0.2) is 0 Å². The van der Waals surface area contributed by atoms with Crippen molar-refractivity contribution in [2.45, 2.75) is 17.6 Å². The minimum atomic E-state index is -0.138. The zero-order valence-electron chi connectivity index (χ0n) is 15.1. The molecule has 0 aliphatic heterocycles. The summed E-state index contributed by atoms with van der Waals surface area (Å²) in [7, 11) is 0. The van der Waals surface area contributed by atoms with Crippen LogP contribution in [0, 0.1) is 6.92 Å². The van der Waals surface area contributed by atoms with Gasteiger partial charge in [-0.25, -0.2) is 4.68 Å². The molecule has 28 heavy (non-hydrogen) atoms. The molecule has 0 saturated heterocycles. The number of nitrogens with zero attached hydrogens (tertiary/aromatic N) is 4. The molecule has 140 valence electrons. The minimum absolute atomic E-state index is 0.138. The second-order valence-electron chi connectivity index (χ2n) is 6.07. The van der Waals surface area contributed by atoms with Crippen LogP contribution < -0.4 is 5.32 Å². The van der Waals surface area contributed by atoms with Crippen LogP contribution in [0.5, 0.6) is 0 Å². The Morgan fingerprint density at radius 3 is 2.86 bits per heavy atom. The van der Waals surface area contributed by atoms with Gasteiger partial charge in [-0.15, -0.1) is 28.2 Å². The summed E-state index contributed by atoms with van der Waals surface area (Å²) in [5.74, 6) is 0.705. The van der Waals surface area contributed by atoms with Crippen molar-refractivity contribution in [2.75, 3.05) is 5.32 Å². The zero-order valence-corrected chi connectivity index (χ0v) is 16.7. The average Bonchev–Trinajstić information content (AvgIpc) is 3.42. The number of benzene rings is 2. The van der Waals surface area contributed by atoms with Gasteiger partial charge in [0, 0.05) is 21.2 Å². The Morgan fingerprint density at radius 1 is 1.18 bits per heavy atom. The molecule has 0 radical (unpaired) electrons. The molecule has 0 aliphatic carbocycles. The van der Waals surface area contributed by atoms with Gasteiger partial charge in [0.05, 0.1) is 11.3 Å². The van der Waals surface area contributed by atoms with E-state index in [0.717, 1.165) is 21.9 Å². The Balaban J connectivity index is 1.53. The van der Waals surface area contributed by atoms with Gasteiger partial charge in [0.25, 0.3) is 5.91 Å². The first-order valence-corrected chi connectivity index (χ1v) is 10.5. The molecule has 0 spiro atoms. The lowest BCUT2D eigenvalue weighted by Crippen LogP contribution is -2.13. The first-order valence-electron chi connectivity index (χ1n) is 8.60. The molecule has 2 aromatic carbocycles. The predicted octanol–water partition coefficient (Wildman–Crippen LogP) is 4.58. The Kier molecular flexibility index (Phi) is 5.50. The third-order valence-corrected chi connectivity index (χ3v) is 6.33. The highest BCUT2D eigenvalue weighted by atomic mass is 32.2. The van der Waals surface area contributed by atoms with Gasteiger partial charge in [-0.1, -0.05) is 24.3 Å². The van der Waals surface area contributed by atoms with E-state index in [-0.39, 0.29) is 5.91 Å². The number of hydrogen-bond acceptors (Lipinski definition) is 6. The van der Waals surface area contributed by atoms with Crippen molar-refractivity contribution in [3.8, 4) is 5.69 Å². The summed E-state index contributed by atoms with van der Waals surface area (Å²) in [6, 6.07) is 17.5. The van der Waals surface area contributed by atoms with Crippen molar-refractivity contribution in [1.29, 1.82) is 0 Å². The van der Waals surface area contributed by atoms with Crippen LogP contribution in [0.25, 0.3) is 5.69 Å². The van der Waals surface area contributed by atoms with Crippen LogP contribution in [-0.4, -0.2) is 26.1 Å². The number of hydrogen-bond donors (Lipinski definition) is 1. The fourth-order valence-corrected chi connectivity index (χ4v) is 4.55. The summed E-state index contributed by atoms with van der Waals surface area (Å²) in [5.41, 5.74) is 3.19. The van der Waals surface area contributed by atoms with Gasteiger partial charge < -0.3 is 5.32 Å². The van der Waals surface area contributed by atoms with Crippen molar-refractivity contribution < 1.29 is 4.79 Å². The second-order valence-corrected chi connectivity index (χ2v) is 8.12. The van der Waals surface area contributed by atoms with Crippen LogP contribution in [0.2, 0.25) is 0 Å². The van der Waals surface area contributed by atoms with Crippen molar-refractivity contribution in [1.82, 2.24) is 20.2 Å². The molecule has 1 N–H and O–H groups in total. The molecule has 0 aliphatic rings. The standard InChI is InChI=1S/C20H17N5OS2/c1-14-8-9-15(11-18(14)25-13-21-23-24-25)22-20(26)17-6-2-3-7-19(17)28-12-16-5-4-10-27-16/h2-11,13H,12H2,1H3,(H,22,26). The number of nitrogens with one attached hydrogen (secondary N) is 1. The fourth-order valence-electron chi connectivity index (χ4n) is 2.73. The van der Waals surface area contributed by atoms with Gasteiger partial charge in [-0.3, -0.25) is 4.79 Å². The van der Waals surface area contributed by atoms with Crippen LogP contribution >= 0.6 is 23.1 Å². The van der Waals surface area contributed by atoms with E-state index in [1.54, 1.807) is 27.8 Å². The number of rotatable bonds is 6. The maximum absolute atomic E-state index is 12.9. The Hall–Kier alpha value is -2.97. The van der Waals surface area contributed by atoms with Gasteiger partial charge in [-0.2, -0.15) is 0 Å². The van der Waals surface area contributed by atoms with Crippen molar-refractivity contribution >= 4 is 34.7 Å². The number of carbonyl (C=O) groups excluding carboxylic acids is 1. The number of thiophene rings is 1. The van der Waals surface area contributed by atoms with Crippen LogP contribution in [0.3, 0.4) is 0 Å². The zero-order chi connectivity index (χ0) is 19.3. The molecule has 4 aromatic rings. The molecule has 0 atom stereocenters. The summed E-state index contributed by atoms with van der Waals surface area (Å²) in [6.45, 7) is 1.97. The van der Waals surface area contributed by atoms with Crippen molar-refractivity contribution in [3.05, 3.63) is 82.3 Å². The molecule has 2 aromatic heterocycles. The number of aryl methyl sites for hydroxylation is 1. The van der Waals surface area contributed by atoms with Crippen LogP contribution in [0.15, 0.2) is 71.2 Å². The minimum Gasteiger partial charge on any atom is -0.322 e. The van der Waals surface area contributed by atoms with Crippen LogP contribution in [0.4, 0.5) is 5.69 Å². The van der Waals surface area contributed by atoms with E-state index in [0.29, 0.717) is 11.3 Å². The molecule has 8 heteroatoms. The lowest BCUT2D eigenvalue weighted by atomic mass is 10.1. The highest BCUT2D eigenvalue weighted by Gasteiger charge is 2.13. The highest BCUT2D eigenvalue weighted by molar-refractivity contribution is 7.98. The topological polar surface area (TPSA) is 72.7 Å². The van der Waals surface area contributed by atoms with Gasteiger partial charge in [0.1, 0.15) is 6.33 Å². The Bertz CT molecular complexity index is 1080. The summed E-state index contributed by atoms with van der Waals surface area (Å²) < 4.78 is 1.58. The molecule has 0 fully saturated rings. The maximum atomic E-state index is 12.9. The highest BCUT2D eigenvalue weighted by Crippen LogP contribution is 2.28. The smallest absolute Gasteiger partial charge is 0.256 e. The molecule has 0 bridgehead atoms. The van der Waals surface area contributed by atoms with E-state index in [4.69, 9.17) is 0 Å². The number of amides is 1. The first-order chi connectivity index (χ1) is 13.7. The Labute approximate surface area is 170 Å². The Morgan fingerprint density at radius 2 is 2.07 bits per heavy atom. The number of tetrazole rings is 1. The van der Waals surface area contributed by atoms with Crippen molar-refractivity contribution in [2.24, 2.45) is 0 Å². The number of anilines is 1. The number of thioether (sulfide) groups is 1. The summed E-state index contributed by atoms with van der Waals surface area (Å²) in [5, 5.41) is 16.3. The van der Waals surface area contributed by atoms with E-state index in [1.807, 2.05) is 55.5 Å². The predicted molar refractivity (Wildman–Crippen MR) is 112 cm³/mol. The normalized spacial score (nSPS) is 10.8. The van der Waals surface area contributed by atoms with E-state index in [9.17, 15) is 4.79 Å². The SMILES string of the molecule is Cc1ccc(NC(=O)c2ccccc2SCc2cccs2)cc1-n1cnnn1. The van der Waals surface area contributed by atoms with Gasteiger partial charge in [0.2, 0.25) is 0 Å². The van der Waals surface area contributed by atoms with Crippen LogP contribution in [-0.2, 0) is 5.75 Å². The maximum Gasteiger partial charge on any atom is 0.256 e. The van der Waals surface area contributed by atoms with Crippen molar-refractivity contribution in [3.63, 3.8) is 0 Å². The molecule has 0 saturated carbocycles. The lowest BCUT2D eigenvalue weighted by Gasteiger charge is -2.12. The van der Waals surface area contributed by atoms with E-state index in [1.165, 1.54) is 11.2 Å². The molecule has 4 rings (SSSR count). The molecule has 0 unspecified atom stereocenters. The lowest BCUT2D eigenvalue weighted by molar-refractivity contribution is 0.102. The van der Waals surface area contributed by atoms with E-state index >= 15 is 0 Å². The largest absolute Gasteiger partial charge is 0.322 e. The monoisotopic (exact) mass is 407 g/mol. The molecule has 2 heterocycles. The molecular formula is C20H17N5OS2. The van der Waals surface area contributed by atoms with E-state index < -0.39 is 0 Å². The third-order valence-electron chi connectivity index (χ3n) is 4.14. The number of aromatic nitrogens is 4. The van der Waals surface area contributed by atoms with Gasteiger partial charge in [-0.05, 0) is 58.6 Å². The second kappa shape index (κ2) is 8.37.